The molecule has 1 aromatic carbocycles. The van der Waals surface area contributed by atoms with Gasteiger partial charge in [-0.1, -0.05) is 19.1 Å². The highest BCUT2D eigenvalue weighted by Gasteiger charge is 2.22. The van der Waals surface area contributed by atoms with Crippen LogP contribution in [0.15, 0.2) is 35.2 Å². The zero-order valence-corrected chi connectivity index (χ0v) is 17.4. The van der Waals surface area contributed by atoms with Gasteiger partial charge < -0.3 is 9.30 Å². The lowest BCUT2D eigenvalue weighted by Crippen LogP contribution is -2.22. The average molecular weight is 406 g/mol. The number of benzene rings is 1. The molecule has 152 valence electrons. The van der Waals surface area contributed by atoms with Crippen molar-refractivity contribution in [3.05, 3.63) is 36.2 Å². The highest BCUT2D eigenvalue weighted by Crippen LogP contribution is 2.24. The van der Waals surface area contributed by atoms with Crippen molar-refractivity contribution in [2.24, 2.45) is 5.92 Å². The van der Waals surface area contributed by atoms with Crippen molar-refractivity contribution in [2.45, 2.75) is 50.7 Å². The third kappa shape index (κ3) is 4.12. The number of carbonyl (C=O) groups is 1. The van der Waals surface area contributed by atoms with Crippen molar-refractivity contribution in [1.29, 1.82) is 0 Å². The van der Waals surface area contributed by atoms with Gasteiger partial charge in [0.15, 0.2) is 0 Å². The van der Waals surface area contributed by atoms with E-state index in [1.165, 1.54) is 18.4 Å². The van der Waals surface area contributed by atoms with E-state index in [9.17, 15) is 13.2 Å². The largest absolute Gasteiger partial charge is 0.457 e. The molecule has 7 nitrogen and oxygen atoms in total. The molecule has 0 saturated carbocycles. The van der Waals surface area contributed by atoms with Gasteiger partial charge in [0, 0.05) is 20.6 Å². The molecule has 0 aliphatic heterocycles. The third-order valence-electron chi connectivity index (χ3n) is 4.97. The molecule has 2 aromatic rings. The molecule has 0 radical (unpaired) electrons. The number of allylic oxidation sites excluding steroid dienone is 2. The van der Waals surface area contributed by atoms with Crippen molar-refractivity contribution >= 4 is 27.0 Å². The van der Waals surface area contributed by atoms with Crippen LogP contribution >= 0.6 is 0 Å². The average Bonchev–Trinajstić information content (AvgIpc) is 3.03. The van der Waals surface area contributed by atoms with Gasteiger partial charge in [-0.05, 0) is 43.9 Å². The standard InChI is InChI=1S/C20H27N3O4S/c1-4-12-23-18-11-10-16(28(25,26)22(2)3)13-17(18)21-19(23)14-27-20(24)15-8-6-5-7-9-15/h5-6,10-11,13,15H,4,7-9,12,14H2,1-3H3. The quantitative estimate of drug-likeness (QED) is 0.522. The SMILES string of the molecule is CCCn1c(COC(=O)C2CC=CCC2)nc2cc(S(=O)(=O)N(C)C)ccc21. The van der Waals surface area contributed by atoms with Crippen LogP contribution in [0.4, 0.5) is 0 Å². The maximum Gasteiger partial charge on any atom is 0.309 e. The minimum absolute atomic E-state index is 0.0868. The van der Waals surface area contributed by atoms with E-state index in [-0.39, 0.29) is 23.4 Å². The van der Waals surface area contributed by atoms with E-state index < -0.39 is 10.0 Å². The summed E-state index contributed by atoms with van der Waals surface area (Å²) in [5.41, 5.74) is 1.43. The van der Waals surface area contributed by atoms with Gasteiger partial charge in [0.2, 0.25) is 10.0 Å². The van der Waals surface area contributed by atoms with Crippen molar-refractivity contribution in [1.82, 2.24) is 13.9 Å². The van der Waals surface area contributed by atoms with E-state index in [0.29, 0.717) is 11.3 Å². The predicted molar refractivity (Wildman–Crippen MR) is 107 cm³/mol. The molecule has 1 unspecified atom stereocenters. The molecule has 1 aromatic heterocycles. The molecule has 28 heavy (non-hydrogen) atoms. The Morgan fingerprint density at radius 1 is 1.32 bits per heavy atom. The van der Waals surface area contributed by atoms with E-state index in [4.69, 9.17) is 4.74 Å². The summed E-state index contributed by atoms with van der Waals surface area (Å²) in [7, 11) is -0.531. The van der Waals surface area contributed by atoms with Crippen LogP contribution in [0.3, 0.4) is 0 Å². The minimum Gasteiger partial charge on any atom is -0.457 e. The normalized spacial score (nSPS) is 17.4. The molecule has 3 rings (SSSR count). The molecule has 1 atom stereocenters. The maximum atomic E-state index is 12.4. The van der Waals surface area contributed by atoms with Crippen LogP contribution < -0.4 is 0 Å². The van der Waals surface area contributed by atoms with Gasteiger partial charge in [0.1, 0.15) is 12.4 Å². The highest BCUT2D eigenvalue weighted by molar-refractivity contribution is 7.89. The first-order valence-corrected chi connectivity index (χ1v) is 11.0. The molecule has 0 bridgehead atoms. The van der Waals surface area contributed by atoms with Crippen LogP contribution in [-0.4, -0.2) is 42.3 Å². The summed E-state index contributed by atoms with van der Waals surface area (Å²) in [5.74, 6) is 0.345. The number of aromatic nitrogens is 2. The topological polar surface area (TPSA) is 81.5 Å². The van der Waals surface area contributed by atoms with Crippen molar-refractivity contribution < 1.29 is 17.9 Å². The van der Waals surface area contributed by atoms with Crippen LogP contribution in [0, 0.1) is 5.92 Å². The number of hydrogen-bond donors (Lipinski definition) is 0. The first kappa shape index (κ1) is 20.5. The van der Waals surface area contributed by atoms with Gasteiger partial charge in [-0.3, -0.25) is 4.79 Å². The second-order valence-electron chi connectivity index (χ2n) is 7.21. The highest BCUT2D eigenvalue weighted by atomic mass is 32.2. The summed E-state index contributed by atoms with van der Waals surface area (Å²) in [5, 5.41) is 0. The van der Waals surface area contributed by atoms with Gasteiger partial charge in [-0.25, -0.2) is 17.7 Å². The van der Waals surface area contributed by atoms with Gasteiger partial charge >= 0.3 is 5.97 Å². The lowest BCUT2D eigenvalue weighted by molar-refractivity contribution is -0.150. The van der Waals surface area contributed by atoms with Crippen LogP contribution in [-0.2, 0) is 32.7 Å². The Balaban J connectivity index is 1.87. The number of fused-ring (bicyclic) bond motifs is 1. The Kier molecular flexibility index (Phi) is 6.20. The van der Waals surface area contributed by atoms with Gasteiger partial charge in [-0.15, -0.1) is 0 Å². The molecule has 0 N–H and O–H groups in total. The number of rotatable bonds is 7. The fourth-order valence-corrected chi connectivity index (χ4v) is 4.30. The second-order valence-corrected chi connectivity index (χ2v) is 9.36. The first-order chi connectivity index (χ1) is 13.3. The number of hydrogen-bond acceptors (Lipinski definition) is 5. The van der Waals surface area contributed by atoms with E-state index in [1.807, 2.05) is 10.6 Å². The Labute approximate surface area is 166 Å². The zero-order chi connectivity index (χ0) is 20.3. The number of aryl methyl sites for hydroxylation is 1. The van der Waals surface area contributed by atoms with E-state index in [1.54, 1.807) is 18.2 Å². The number of esters is 1. The number of sulfonamides is 1. The minimum atomic E-state index is -3.53. The third-order valence-corrected chi connectivity index (χ3v) is 6.78. The fourth-order valence-electron chi connectivity index (χ4n) is 3.38. The summed E-state index contributed by atoms with van der Waals surface area (Å²) < 4.78 is 33.5. The first-order valence-electron chi connectivity index (χ1n) is 9.58. The van der Waals surface area contributed by atoms with Crippen molar-refractivity contribution in [3.63, 3.8) is 0 Å². The smallest absolute Gasteiger partial charge is 0.309 e. The molecule has 1 heterocycles. The molecule has 0 saturated heterocycles. The number of imidazole rings is 1. The Hall–Kier alpha value is -2.19. The van der Waals surface area contributed by atoms with Crippen LogP contribution in [0.25, 0.3) is 11.0 Å². The maximum absolute atomic E-state index is 12.4. The van der Waals surface area contributed by atoms with Crippen molar-refractivity contribution in [2.75, 3.05) is 14.1 Å². The molecule has 0 fully saturated rings. The molecule has 8 heteroatoms. The zero-order valence-electron chi connectivity index (χ0n) is 16.6. The molecule has 1 aliphatic carbocycles. The molecular formula is C20H27N3O4S. The predicted octanol–water partition coefficient (Wildman–Crippen LogP) is 3.10. The van der Waals surface area contributed by atoms with Crippen molar-refractivity contribution in [3.8, 4) is 0 Å². The van der Waals surface area contributed by atoms with Gasteiger partial charge in [-0.2, -0.15) is 0 Å². The van der Waals surface area contributed by atoms with Crippen LogP contribution in [0.5, 0.6) is 0 Å². The second kappa shape index (κ2) is 8.45. The number of ether oxygens (including phenoxy) is 1. The summed E-state index contributed by atoms with van der Waals surface area (Å²) in [4.78, 5) is 17.1. The summed E-state index contributed by atoms with van der Waals surface area (Å²) >= 11 is 0. The Bertz CT molecular complexity index is 992. The van der Waals surface area contributed by atoms with Gasteiger partial charge in [0.05, 0.1) is 21.8 Å². The van der Waals surface area contributed by atoms with Crippen LogP contribution in [0.1, 0.15) is 38.4 Å². The Morgan fingerprint density at radius 2 is 2.11 bits per heavy atom. The van der Waals surface area contributed by atoms with E-state index in [0.717, 1.165) is 37.7 Å². The lowest BCUT2D eigenvalue weighted by Gasteiger charge is -2.16. The summed E-state index contributed by atoms with van der Waals surface area (Å²) in [6, 6.07) is 4.94. The summed E-state index contributed by atoms with van der Waals surface area (Å²) in [6.45, 7) is 2.86. The lowest BCUT2D eigenvalue weighted by atomic mass is 9.95. The van der Waals surface area contributed by atoms with Gasteiger partial charge in [0.25, 0.3) is 0 Å². The number of carbonyl (C=O) groups excluding carboxylic acids is 1. The van der Waals surface area contributed by atoms with Crippen LogP contribution in [0.2, 0.25) is 0 Å². The Morgan fingerprint density at radius 3 is 2.75 bits per heavy atom. The monoisotopic (exact) mass is 405 g/mol. The summed E-state index contributed by atoms with van der Waals surface area (Å²) in [6.07, 6.45) is 7.43. The van der Waals surface area contributed by atoms with E-state index in [2.05, 4.69) is 18.0 Å². The molecular weight excluding hydrogens is 378 g/mol. The number of nitrogens with zero attached hydrogens (tertiary/aromatic N) is 3. The molecule has 1 aliphatic rings. The molecule has 0 spiro atoms. The fraction of sp³-hybridized carbons (Fsp3) is 0.500. The van der Waals surface area contributed by atoms with E-state index >= 15 is 0 Å². The molecule has 0 amide bonds.